The van der Waals surface area contributed by atoms with Crippen molar-refractivity contribution in [3.63, 3.8) is 0 Å². The van der Waals surface area contributed by atoms with Gasteiger partial charge in [0.2, 0.25) is 6.10 Å². The van der Waals surface area contributed by atoms with Crippen LogP contribution in [0.4, 0.5) is 4.79 Å². The van der Waals surface area contributed by atoms with Crippen LogP contribution in [0.5, 0.6) is 0 Å². The van der Waals surface area contributed by atoms with E-state index in [1.165, 1.54) is 6.92 Å². The predicted molar refractivity (Wildman–Crippen MR) is 53.6 cm³/mol. The van der Waals surface area contributed by atoms with E-state index in [4.69, 9.17) is 21.4 Å². The van der Waals surface area contributed by atoms with Gasteiger partial charge in [-0.25, -0.2) is 9.59 Å². The maximum atomic E-state index is 10.9. The highest BCUT2D eigenvalue weighted by Gasteiger charge is 2.48. The number of carbonyl (C=O) groups excluding carboxylic acids is 1. The SMILES string of the molecule is CC1(OCCCCl)COC(=O)OC1C(=O)O. The van der Waals surface area contributed by atoms with E-state index in [1.54, 1.807) is 0 Å². The maximum Gasteiger partial charge on any atom is 0.509 e. The van der Waals surface area contributed by atoms with Gasteiger partial charge in [0.1, 0.15) is 12.2 Å². The van der Waals surface area contributed by atoms with Crippen LogP contribution in [0.25, 0.3) is 0 Å². The van der Waals surface area contributed by atoms with Crippen molar-refractivity contribution in [3.05, 3.63) is 0 Å². The number of halogens is 1. The van der Waals surface area contributed by atoms with E-state index >= 15 is 0 Å². The van der Waals surface area contributed by atoms with Crippen molar-refractivity contribution in [2.24, 2.45) is 0 Å². The van der Waals surface area contributed by atoms with E-state index in [2.05, 4.69) is 9.47 Å². The summed E-state index contributed by atoms with van der Waals surface area (Å²) >= 11 is 5.47. The van der Waals surface area contributed by atoms with Gasteiger partial charge in [0, 0.05) is 12.5 Å². The lowest BCUT2D eigenvalue weighted by molar-refractivity contribution is -0.199. The predicted octanol–water partition coefficient (Wildman–Crippen LogP) is 1.01. The molecule has 1 rings (SSSR count). The molecule has 1 aliphatic heterocycles. The van der Waals surface area contributed by atoms with Gasteiger partial charge in [-0.05, 0) is 13.3 Å². The summed E-state index contributed by atoms with van der Waals surface area (Å²) in [5.74, 6) is -0.848. The highest BCUT2D eigenvalue weighted by Crippen LogP contribution is 2.25. The summed E-state index contributed by atoms with van der Waals surface area (Å²) in [4.78, 5) is 21.7. The molecule has 1 saturated heterocycles. The second-order valence-electron chi connectivity index (χ2n) is 3.58. The third kappa shape index (κ3) is 2.99. The molecule has 16 heavy (non-hydrogen) atoms. The number of rotatable bonds is 5. The summed E-state index contributed by atoms with van der Waals surface area (Å²) in [6, 6.07) is 0. The van der Waals surface area contributed by atoms with Crippen LogP contribution in [0.15, 0.2) is 0 Å². The number of hydrogen-bond acceptors (Lipinski definition) is 5. The number of hydrogen-bond donors (Lipinski definition) is 1. The molecule has 2 atom stereocenters. The fourth-order valence-electron chi connectivity index (χ4n) is 1.32. The Kier molecular flexibility index (Phi) is 4.37. The third-order valence-corrected chi connectivity index (χ3v) is 2.45. The van der Waals surface area contributed by atoms with Crippen LogP contribution in [0.1, 0.15) is 13.3 Å². The topological polar surface area (TPSA) is 82.1 Å². The Labute approximate surface area is 97.4 Å². The normalized spacial score (nSPS) is 29.4. The summed E-state index contributed by atoms with van der Waals surface area (Å²) in [6.45, 7) is 1.65. The molecule has 0 amide bonds. The monoisotopic (exact) mass is 252 g/mol. The Morgan fingerprint density at radius 1 is 1.75 bits per heavy atom. The number of cyclic esters (lactones) is 2. The Balaban J connectivity index is 2.65. The minimum Gasteiger partial charge on any atom is -0.478 e. The number of carbonyl (C=O) groups is 2. The fraction of sp³-hybridized carbons (Fsp3) is 0.778. The largest absolute Gasteiger partial charge is 0.509 e. The van der Waals surface area contributed by atoms with Gasteiger partial charge < -0.3 is 19.3 Å². The number of alkyl halides is 1. The average molecular weight is 253 g/mol. The molecule has 0 radical (unpaired) electrons. The van der Waals surface area contributed by atoms with Crippen LogP contribution in [-0.2, 0) is 19.0 Å². The minimum atomic E-state index is -1.36. The van der Waals surface area contributed by atoms with Gasteiger partial charge in [-0.3, -0.25) is 0 Å². The molecule has 6 nitrogen and oxygen atoms in total. The molecule has 0 aliphatic carbocycles. The zero-order chi connectivity index (χ0) is 12.2. The van der Waals surface area contributed by atoms with Crippen molar-refractivity contribution in [1.82, 2.24) is 0 Å². The van der Waals surface area contributed by atoms with Gasteiger partial charge in [0.05, 0.1) is 0 Å². The van der Waals surface area contributed by atoms with Gasteiger partial charge >= 0.3 is 12.1 Å². The van der Waals surface area contributed by atoms with Gasteiger partial charge in [-0.15, -0.1) is 11.6 Å². The molecule has 0 spiro atoms. The highest BCUT2D eigenvalue weighted by atomic mass is 35.5. The van der Waals surface area contributed by atoms with Crippen LogP contribution in [-0.4, -0.2) is 48.0 Å². The van der Waals surface area contributed by atoms with Gasteiger partial charge in [0.25, 0.3) is 0 Å². The van der Waals surface area contributed by atoms with Crippen LogP contribution in [0.3, 0.4) is 0 Å². The molecule has 0 aromatic heterocycles. The van der Waals surface area contributed by atoms with Gasteiger partial charge in [-0.2, -0.15) is 0 Å². The first-order valence-electron chi connectivity index (χ1n) is 4.76. The first kappa shape index (κ1) is 13.1. The molecule has 1 aliphatic rings. The highest BCUT2D eigenvalue weighted by molar-refractivity contribution is 6.17. The van der Waals surface area contributed by atoms with Crippen molar-refractivity contribution in [2.75, 3.05) is 19.1 Å². The molecule has 92 valence electrons. The molecule has 7 heteroatoms. The lowest BCUT2D eigenvalue weighted by Gasteiger charge is -2.37. The van der Waals surface area contributed by atoms with Crippen molar-refractivity contribution < 1.29 is 28.9 Å². The Morgan fingerprint density at radius 3 is 3.00 bits per heavy atom. The average Bonchev–Trinajstić information content (AvgIpc) is 2.22. The van der Waals surface area contributed by atoms with E-state index in [9.17, 15) is 9.59 Å². The minimum absolute atomic E-state index is 0.148. The van der Waals surface area contributed by atoms with Crippen molar-refractivity contribution in [2.45, 2.75) is 25.0 Å². The fourth-order valence-corrected chi connectivity index (χ4v) is 1.43. The number of ether oxygens (including phenoxy) is 3. The Bertz CT molecular complexity index is 281. The summed E-state index contributed by atoms with van der Waals surface area (Å²) in [5.41, 5.74) is -1.17. The van der Waals surface area contributed by atoms with E-state index in [-0.39, 0.29) is 13.2 Å². The van der Waals surface area contributed by atoms with Crippen molar-refractivity contribution in [1.29, 1.82) is 0 Å². The standard InChI is InChI=1S/C9H13ClO6/c1-9(15-4-2-3-10)5-14-8(13)16-6(9)7(11)12/h6H,2-5H2,1H3,(H,11,12). The maximum absolute atomic E-state index is 10.9. The Hall–Kier alpha value is -1.01. The molecule has 0 saturated carbocycles. The number of aliphatic carboxylic acids is 1. The molecular formula is C9H13ClO6. The van der Waals surface area contributed by atoms with Crippen molar-refractivity contribution in [3.8, 4) is 0 Å². The quantitative estimate of drug-likeness (QED) is 0.447. The zero-order valence-corrected chi connectivity index (χ0v) is 9.53. The first-order valence-corrected chi connectivity index (χ1v) is 5.29. The second kappa shape index (κ2) is 5.36. The van der Waals surface area contributed by atoms with Crippen LogP contribution < -0.4 is 0 Å². The molecule has 1 heterocycles. The van der Waals surface area contributed by atoms with Crippen molar-refractivity contribution >= 4 is 23.7 Å². The van der Waals surface area contributed by atoms with Crippen LogP contribution in [0, 0.1) is 0 Å². The summed E-state index contributed by atoms with van der Waals surface area (Å²) in [6.07, 6.45) is -1.77. The van der Waals surface area contributed by atoms with E-state index < -0.39 is 23.8 Å². The molecule has 1 fully saturated rings. The molecule has 0 aromatic carbocycles. The lowest BCUT2D eigenvalue weighted by Crippen LogP contribution is -2.56. The summed E-state index contributed by atoms with van der Waals surface area (Å²) in [5, 5.41) is 8.91. The number of carboxylic acid groups (broad SMARTS) is 1. The zero-order valence-electron chi connectivity index (χ0n) is 8.77. The smallest absolute Gasteiger partial charge is 0.478 e. The third-order valence-electron chi connectivity index (χ3n) is 2.18. The summed E-state index contributed by atoms with van der Waals surface area (Å²) < 4.78 is 14.6. The molecule has 0 aromatic rings. The molecular weight excluding hydrogens is 240 g/mol. The second-order valence-corrected chi connectivity index (χ2v) is 3.96. The van der Waals surface area contributed by atoms with E-state index in [0.717, 1.165) is 0 Å². The van der Waals surface area contributed by atoms with Gasteiger partial charge in [0.15, 0.2) is 0 Å². The molecule has 1 N–H and O–H groups in total. The van der Waals surface area contributed by atoms with Crippen LogP contribution in [0.2, 0.25) is 0 Å². The van der Waals surface area contributed by atoms with Gasteiger partial charge in [-0.1, -0.05) is 0 Å². The first-order chi connectivity index (χ1) is 7.49. The lowest BCUT2D eigenvalue weighted by atomic mass is 9.99. The Morgan fingerprint density at radius 2 is 2.44 bits per heavy atom. The number of carboxylic acids is 1. The van der Waals surface area contributed by atoms with E-state index in [0.29, 0.717) is 12.3 Å². The molecule has 2 unspecified atom stereocenters. The van der Waals surface area contributed by atoms with Crippen LogP contribution >= 0.6 is 11.6 Å². The summed E-state index contributed by atoms with van der Waals surface area (Å²) in [7, 11) is 0. The van der Waals surface area contributed by atoms with E-state index in [1.807, 2.05) is 0 Å². The molecule has 0 bridgehead atoms.